The number of ether oxygens (including phenoxy) is 1. The molecule has 9 heteroatoms. The van der Waals surface area contributed by atoms with E-state index in [1.807, 2.05) is 0 Å². The van der Waals surface area contributed by atoms with Crippen molar-refractivity contribution in [2.45, 2.75) is 6.54 Å². The van der Waals surface area contributed by atoms with Gasteiger partial charge in [0.1, 0.15) is 5.75 Å². The summed E-state index contributed by atoms with van der Waals surface area (Å²) < 4.78 is 7.61. The fourth-order valence-electron chi connectivity index (χ4n) is 2.39. The lowest BCUT2D eigenvalue weighted by Crippen LogP contribution is -2.29. The molecule has 0 spiro atoms. The average Bonchev–Trinajstić information content (AvgIpc) is 3.03. The van der Waals surface area contributed by atoms with Crippen molar-refractivity contribution in [3.63, 3.8) is 0 Å². The second kappa shape index (κ2) is 8.81. The van der Waals surface area contributed by atoms with Gasteiger partial charge in [-0.2, -0.15) is 5.10 Å². The van der Waals surface area contributed by atoms with Crippen molar-refractivity contribution >= 4 is 35.5 Å². The van der Waals surface area contributed by atoms with E-state index in [1.165, 1.54) is 0 Å². The number of carbonyl (C=O) groups excluding carboxylic acids is 2. The minimum Gasteiger partial charge on any atom is -0.484 e. The number of halogens is 1. The zero-order valence-corrected chi connectivity index (χ0v) is 16.5. The number of carbonyl (C=O) groups is 2. The van der Waals surface area contributed by atoms with Crippen LogP contribution in [0.15, 0.2) is 48.5 Å². The summed E-state index contributed by atoms with van der Waals surface area (Å²) in [7, 11) is 1.76. The molecule has 0 aliphatic heterocycles. The zero-order chi connectivity index (χ0) is 20.1. The average molecular weight is 417 g/mol. The maximum atomic E-state index is 12.4. The standard InChI is InChI=1S/C19H17ClN4O3S/c1-24-16(22-23-19(24)28)10-21-17(25)11-27-15-8-4-13(5-9-15)18(26)12-2-6-14(20)7-3-12/h2-9H,10-11H2,1H3,(H,21,25)(H,23,28). The van der Waals surface area contributed by atoms with Crippen LogP contribution in [0.2, 0.25) is 5.02 Å². The molecule has 0 saturated heterocycles. The van der Waals surface area contributed by atoms with Crippen LogP contribution >= 0.6 is 23.8 Å². The van der Waals surface area contributed by atoms with E-state index in [1.54, 1.807) is 60.1 Å². The van der Waals surface area contributed by atoms with Crippen LogP contribution in [0.5, 0.6) is 5.75 Å². The van der Waals surface area contributed by atoms with Crippen LogP contribution in [-0.4, -0.2) is 33.1 Å². The number of nitrogens with one attached hydrogen (secondary N) is 2. The van der Waals surface area contributed by atoms with E-state index in [0.717, 1.165) is 0 Å². The van der Waals surface area contributed by atoms with Crippen LogP contribution in [0.4, 0.5) is 0 Å². The summed E-state index contributed by atoms with van der Waals surface area (Å²) in [4.78, 5) is 24.3. The minimum absolute atomic E-state index is 0.117. The predicted octanol–water partition coefficient (Wildman–Crippen LogP) is 3.06. The summed E-state index contributed by atoms with van der Waals surface area (Å²) in [6.45, 7) is 0.0830. The Labute approximate surface area is 171 Å². The first kappa shape index (κ1) is 19.8. The van der Waals surface area contributed by atoms with E-state index in [9.17, 15) is 9.59 Å². The van der Waals surface area contributed by atoms with Gasteiger partial charge >= 0.3 is 0 Å². The lowest BCUT2D eigenvalue weighted by atomic mass is 10.0. The van der Waals surface area contributed by atoms with Crippen LogP contribution < -0.4 is 10.1 Å². The number of amides is 1. The Kier molecular flexibility index (Phi) is 6.23. The lowest BCUT2D eigenvalue weighted by Gasteiger charge is -2.08. The SMILES string of the molecule is Cn1c(CNC(=O)COc2ccc(C(=O)c3ccc(Cl)cc3)cc2)n[nH]c1=S. The first-order chi connectivity index (χ1) is 13.4. The molecule has 144 valence electrons. The largest absolute Gasteiger partial charge is 0.484 e. The van der Waals surface area contributed by atoms with Crippen LogP contribution in [0.3, 0.4) is 0 Å². The van der Waals surface area contributed by atoms with Crippen molar-refractivity contribution in [2.75, 3.05) is 6.61 Å². The first-order valence-electron chi connectivity index (χ1n) is 8.34. The van der Waals surface area contributed by atoms with E-state index >= 15 is 0 Å². The van der Waals surface area contributed by atoms with Gasteiger partial charge in [-0.05, 0) is 60.7 Å². The monoisotopic (exact) mass is 416 g/mol. The van der Waals surface area contributed by atoms with E-state index < -0.39 is 0 Å². The zero-order valence-electron chi connectivity index (χ0n) is 14.9. The normalized spacial score (nSPS) is 10.5. The number of aromatic nitrogens is 3. The second-order valence-electron chi connectivity index (χ2n) is 5.93. The van der Waals surface area contributed by atoms with Crippen LogP contribution in [-0.2, 0) is 18.4 Å². The summed E-state index contributed by atoms with van der Waals surface area (Å²) in [6, 6.07) is 13.3. The van der Waals surface area contributed by atoms with Crippen LogP contribution in [0.25, 0.3) is 0 Å². The lowest BCUT2D eigenvalue weighted by molar-refractivity contribution is -0.123. The van der Waals surface area contributed by atoms with Crippen molar-refractivity contribution in [1.82, 2.24) is 20.1 Å². The molecular weight excluding hydrogens is 400 g/mol. The molecule has 0 fully saturated rings. The molecule has 2 aromatic carbocycles. The van der Waals surface area contributed by atoms with Gasteiger partial charge in [0, 0.05) is 23.2 Å². The van der Waals surface area contributed by atoms with E-state index in [-0.39, 0.29) is 24.8 Å². The third-order valence-corrected chi connectivity index (χ3v) is 4.63. The van der Waals surface area contributed by atoms with Crippen molar-refractivity contribution in [3.8, 4) is 5.75 Å². The van der Waals surface area contributed by atoms with Gasteiger partial charge in [0.25, 0.3) is 5.91 Å². The smallest absolute Gasteiger partial charge is 0.258 e. The quantitative estimate of drug-likeness (QED) is 0.456. The molecule has 7 nitrogen and oxygen atoms in total. The Morgan fingerprint density at radius 3 is 2.32 bits per heavy atom. The molecule has 0 aliphatic carbocycles. The van der Waals surface area contributed by atoms with E-state index in [2.05, 4.69) is 15.5 Å². The number of nitrogens with zero attached hydrogens (tertiary/aromatic N) is 2. The molecule has 2 N–H and O–H groups in total. The number of hydrogen-bond donors (Lipinski definition) is 2. The van der Waals surface area contributed by atoms with Gasteiger partial charge in [0.15, 0.2) is 23.0 Å². The van der Waals surface area contributed by atoms with Gasteiger partial charge in [-0.1, -0.05) is 11.6 Å². The van der Waals surface area contributed by atoms with Crippen molar-refractivity contribution in [1.29, 1.82) is 0 Å². The highest BCUT2D eigenvalue weighted by molar-refractivity contribution is 7.71. The molecule has 0 aliphatic rings. The first-order valence-corrected chi connectivity index (χ1v) is 9.13. The Bertz CT molecular complexity index is 1040. The van der Waals surface area contributed by atoms with Crippen LogP contribution in [0, 0.1) is 4.77 Å². The topological polar surface area (TPSA) is 89.0 Å². The third-order valence-electron chi connectivity index (χ3n) is 4.01. The summed E-state index contributed by atoms with van der Waals surface area (Å²) in [5, 5.41) is 9.93. The molecule has 0 atom stereocenters. The summed E-state index contributed by atoms with van der Waals surface area (Å²) >= 11 is 10.9. The number of benzene rings is 2. The van der Waals surface area contributed by atoms with E-state index in [4.69, 9.17) is 28.6 Å². The second-order valence-corrected chi connectivity index (χ2v) is 6.75. The maximum Gasteiger partial charge on any atom is 0.258 e. The van der Waals surface area contributed by atoms with Gasteiger partial charge in [0.2, 0.25) is 0 Å². The summed E-state index contributed by atoms with van der Waals surface area (Å²) in [5.74, 6) is 0.688. The highest BCUT2D eigenvalue weighted by atomic mass is 35.5. The predicted molar refractivity (Wildman–Crippen MR) is 107 cm³/mol. The van der Waals surface area contributed by atoms with Gasteiger partial charge < -0.3 is 14.6 Å². The molecule has 3 rings (SSSR count). The Balaban J connectivity index is 1.52. The summed E-state index contributed by atoms with van der Waals surface area (Å²) in [5.41, 5.74) is 1.07. The Hall–Kier alpha value is -2.97. The number of rotatable bonds is 7. The Morgan fingerprint density at radius 1 is 1.14 bits per heavy atom. The number of H-pyrrole nitrogens is 1. The highest BCUT2D eigenvalue weighted by Gasteiger charge is 2.10. The molecule has 1 amide bonds. The molecule has 3 aromatic rings. The number of ketones is 1. The van der Waals surface area contributed by atoms with Crippen molar-refractivity contribution in [3.05, 3.63) is 75.3 Å². The van der Waals surface area contributed by atoms with Gasteiger partial charge in [-0.3, -0.25) is 14.7 Å². The molecule has 0 radical (unpaired) electrons. The molecule has 28 heavy (non-hydrogen) atoms. The van der Waals surface area contributed by atoms with E-state index in [0.29, 0.717) is 32.5 Å². The van der Waals surface area contributed by atoms with Gasteiger partial charge in [0.05, 0.1) is 6.54 Å². The van der Waals surface area contributed by atoms with Gasteiger partial charge in [-0.15, -0.1) is 0 Å². The Morgan fingerprint density at radius 2 is 1.75 bits per heavy atom. The van der Waals surface area contributed by atoms with Gasteiger partial charge in [-0.25, -0.2) is 0 Å². The minimum atomic E-state index is -0.296. The summed E-state index contributed by atoms with van der Waals surface area (Å²) in [6.07, 6.45) is 0. The third kappa shape index (κ3) is 4.85. The molecule has 0 saturated carbocycles. The molecule has 1 aromatic heterocycles. The van der Waals surface area contributed by atoms with Crippen molar-refractivity contribution < 1.29 is 14.3 Å². The maximum absolute atomic E-state index is 12.4. The molecule has 0 unspecified atom stereocenters. The molecule has 1 heterocycles. The highest BCUT2D eigenvalue weighted by Crippen LogP contribution is 2.17. The van der Waals surface area contributed by atoms with Crippen LogP contribution in [0.1, 0.15) is 21.7 Å². The number of hydrogen-bond acceptors (Lipinski definition) is 5. The molecule has 0 bridgehead atoms. The fraction of sp³-hybridized carbons (Fsp3) is 0.158. The van der Waals surface area contributed by atoms with Crippen molar-refractivity contribution in [2.24, 2.45) is 7.05 Å². The fourth-order valence-corrected chi connectivity index (χ4v) is 2.66. The number of aromatic amines is 1. The molecular formula is C19H17ClN4O3S.